The molecule has 0 saturated heterocycles. The Kier molecular flexibility index (Phi) is 5.20. The minimum atomic E-state index is -4.28. The highest BCUT2D eigenvalue weighted by Crippen LogP contribution is 2.28. The lowest BCUT2D eigenvalue weighted by molar-refractivity contribution is -0.137. The van der Waals surface area contributed by atoms with E-state index >= 15 is 0 Å². The van der Waals surface area contributed by atoms with Gasteiger partial charge in [0.25, 0.3) is 0 Å². The quantitative estimate of drug-likeness (QED) is 0.681. The van der Waals surface area contributed by atoms with E-state index in [1.54, 1.807) is 0 Å². The molecule has 0 bridgehead atoms. The van der Waals surface area contributed by atoms with Crippen molar-refractivity contribution in [3.63, 3.8) is 0 Å². The Morgan fingerprint density at radius 2 is 1.79 bits per heavy atom. The molecule has 1 rings (SSSR count). The van der Waals surface area contributed by atoms with Crippen LogP contribution in [0.15, 0.2) is 18.3 Å². The van der Waals surface area contributed by atoms with E-state index in [1.807, 2.05) is 20.8 Å². The molecule has 4 heteroatoms. The molecule has 0 unspecified atom stereocenters. The van der Waals surface area contributed by atoms with E-state index < -0.39 is 11.7 Å². The van der Waals surface area contributed by atoms with E-state index in [2.05, 4.69) is 4.98 Å². The lowest BCUT2D eigenvalue weighted by atomic mass is 10.2. The van der Waals surface area contributed by atoms with Crippen molar-refractivity contribution in [3.8, 4) is 0 Å². The molecule has 14 heavy (non-hydrogen) atoms. The number of alkyl halides is 3. The fraction of sp³-hybridized carbons (Fsp3) is 0.500. The highest BCUT2D eigenvalue weighted by molar-refractivity contribution is 5.16. The summed E-state index contributed by atoms with van der Waals surface area (Å²) in [5.74, 6) is 0. The van der Waals surface area contributed by atoms with E-state index in [0.717, 1.165) is 12.3 Å². The molecule has 0 fully saturated rings. The summed E-state index contributed by atoms with van der Waals surface area (Å²) in [5, 5.41) is 0. The van der Waals surface area contributed by atoms with Crippen molar-refractivity contribution < 1.29 is 13.2 Å². The summed E-state index contributed by atoms with van der Waals surface area (Å²) in [6, 6.07) is 2.44. The first-order valence-electron chi connectivity index (χ1n) is 4.56. The van der Waals surface area contributed by atoms with Crippen LogP contribution in [0.3, 0.4) is 0 Å². The standard InChI is InChI=1S/C8H8F3N.C2H6/c1-2-7-4-3-6(5-12-7)8(9,10)11;1-2/h3-5H,2H2,1H3;1-2H3. The summed E-state index contributed by atoms with van der Waals surface area (Å²) in [6.45, 7) is 5.84. The van der Waals surface area contributed by atoms with Crippen LogP contribution in [0.2, 0.25) is 0 Å². The first-order chi connectivity index (χ1) is 6.54. The molecule has 0 radical (unpaired) electrons. The zero-order valence-corrected chi connectivity index (χ0v) is 8.52. The van der Waals surface area contributed by atoms with E-state index in [9.17, 15) is 13.2 Å². The highest BCUT2D eigenvalue weighted by Gasteiger charge is 2.30. The van der Waals surface area contributed by atoms with Gasteiger partial charge in [-0.25, -0.2) is 0 Å². The maximum atomic E-state index is 12.0. The van der Waals surface area contributed by atoms with Crippen LogP contribution in [0.1, 0.15) is 32.0 Å². The van der Waals surface area contributed by atoms with Crippen molar-refractivity contribution in [2.24, 2.45) is 0 Å². The molecule has 80 valence electrons. The monoisotopic (exact) mass is 205 g/mol. The molecule has 1 aromatic rings. The van der Waals surface area contributed by atoms with Gasteiger partial charge in [0.15, 0.2) is 0 Å². The van der Waals surface area contributed by atoms with Crippen molar-refractivity contribution >= 4 is 0 Å². The first-order valence-corrected chi connectivity index (χ1v) is 4.56. The molecule has 1 heterocycles. The third-order valence-corrected chi connectivity index (χ3v) is 1.51. The summed E-state index contributed by atoms with van der Waals surface area (Å²) in [5.41, 5.74) is -0.0253. The lowest BCUT2D eigenvalue weighted by Crippen LogP contribution is -2.05. The number of rotatable bonds is 1. The normalized spacial score (nSPS) is 10.4. The molecule has 0 N–H and O–H groups in total. The van der Waals surface area contributed by atoms with Gasteiger partial charge in [-0.05, 0) is 18.6 Å². The Hall–Kier alpha value is -1.06. The Bertz CT molecular complexity index is 251. The minimum absolute atomic E-state index is 0.651. The number of nitrogens with zero attached hydrogens (tertiary/aromatic N) is 1. The van der Waals surface area contributed by atoms with Gasteiger partial charge in [-0.15, -0.1) is 0 Å². The maximum Gasteiger partial charge on any atom is 0.417 e. The van der Waals surface area contributed by atoms with Crippen LogP contribution < -0.4 is 0 Å². The lowest BCUT2D eigenvalue weighted by Gasteiger charge is -2.05. The van der Waals surface area contributed by atoms with Crippen LogP contribution in [0.25, 0.3) is 0 Å². The third kappa shape index (κ3) is 3.77. The van der Waals surface area contributed by atoms with Gasteiger partial charge in [0, 0.05) is 11.9 Å². The number of hydrogen-bond donors (Lipinski definition) is 0. The maximum absolute atomic E-state index is 12.0. The second-order valence-corrected chi connectivity index (χ2v) is 2.39. The van der Waals surface area contributed by atoms with Crippen molar-refractivity contribution in [2.75, 3.05) is 0 Å². The van der Waals surface area contributed by atoms with Gasteiger partial charge >= 0.3 is 6.18 Å². The first kappa shape index (κ1) is 12.9. The number of halogens is 3. The summed E-state index contributed by atoms with van der Waals surface area (Å²) in [4.78, 5) is 3.64. The van der Waals surface area contributed by atoms with Gasteiger partial charge in [-0.1, -0.05) is 20.8 Å². The number of aromatic nitrogens is 1. The summed E-state index contributed by atoms with van der Waals surface area (Å²) >= 11 is 0. The van der Waals surface area contributed by atoms with E-state index in [0.29, 0.717) is 12.1 Å². The molecule has 0 aliphatic heterocycles. The minimum Gasteiger partial charge on any atom is -0.261 e. The topological polar surface area (TPSA) is 12.9 Å². The van der Waals surface area contributed by atoms with Gasteiger partial charge in [0.2, 0.25) is 0 Å². The molecule has 0 aliphatic carbocycles. The molecule has 0 saturated carbocycles. The van der Waals surface area contributed by atoms with Crippen LogP contribution in [0.4, 0.5) is 13.2 Å². The average molecular weight is 205 g/mol. The van der Waals surface area contributed by atoms with Crippen LogP contribution in [-0.2, 0) is 12.6 Å². The van der Waals surface area contributed by atoms with Gasteiger partial charge in [-0.2, -0.15) is 13.2 Å². The van der Waals surface area contributed by atoms with Crippen molar-refractivity contribution in [3.05, 3.63) is 29.6 Å². The summed E-state index contributed by atoms with van der Waals surface area (Å²) in [7, 11) is 0. The van der Waals surface area contributed by atoms with Crippen LogP contribution in [-0.4, -0.2) is 4.98 Å². The molecular weight excluding hydrogens is 191 g/mol. The van der Waals surface area contributed by atoms with Crippen LogP contribution in [0.5, 0.6) is 0 Å². The Labute approximate surface area is 82.0 Å². The molecule has 0 aromatic carbocycles. The van der Waals surface area contributed by atoms with Crippen LogP contribution >= 0.6 is 0 Å². The van der Waals surface area contributed by atoms with Crippen molar-refractivity contribution in [2.45, 2.75) is 33.4 Å². The largest absolute Gasteiger partial charge is 0.417 e. The predicted octanol–water partition coefficient (Wildman–Crippen LogP) is 3.69. The molecular formula is C10H14F3N. The number of hydrogen-bond acceptors (Lipinski definition) is 1. The fourth-order valence-corrected chi connectivity index (χ4v) is 0.801. The van der Waals surface area contributed by atoms with Gasteiger partial charge in [0.05, 0.1) is 5.56 Å². The van der Waals surface area contributed by atoms with Crippen LogP contribution in [0, 0.1) is 0 Å². The van der Waals surface area contributed by atoms with Gasteiger partial charge < -0.3 is 0 Å². The predicted molar refractivity (Wildman–Crippen MR) is 50.0 cm³/mol. The van der Waals surface area contributed by atoms with Crippen molar-refractivity contribution in [1.82, 2.24) is 4.98 Å². The molecule has 0 spiro atoms. The second kappa shape index (κ2) is 5.62. The van der Waals surface area contributed by atoms with E-state index in [1.165, 1.54) is 6.07 Å². The Morgan fingerprint density at radius 3 is 2.07 bits per heavy atom. The number of aryl methyl sites for hydroxylation is 1. The second-order valence-electron chi connectivity index (χ2n) is 2.39. The fourth-order valence-electron chi connectivity index (χ4n) is 0.801. The molecule has 1 nitrogen and oxygen atoms in total. The SMILES string of the molecule is CC.CCc1ccc(C(F)(F)F)cn1. The Balaban J connectivity index is 0.000000791. The van der Waals surface area contributed by atoms with Gasteiger partial charge in [-0.3, -0.25) is 4.98 Å². The molecule has 1 aromatic heterocycles. The van der Waals surface area contributed by atoms with E-state index in [4.69, 9.17) is 0 Å². The van der Waals surface area contributed by atoms with E-state index in [-0.39, 0.29) is 0 Å². The Morgan fingerprint density at radius 1 is 1.21 bits per heavy atom. The number of pyridine rings is 1. The molecule has 0 aliphatic rings. The van der Waals surface area contributed by atoms with Gasteiger partial charge in [0.1, 0.15) is 0 Å². The summed E-state index contributed by atoms with van der Waals surface area (Å²) in [6.07, 6.45) is -2.77. The zero-order chi connectivity index (χ0) is 11.2. The summed E-state index contributed by atoms with van der Waals surface area (Å²) < 4.78 is 36.0. The average Bonchev–Trinajstić information content (AvgIpc) is 2.20. The smallest absolute Gasteiger partial charge is 0.261 e. The zero-order valence-electron chi connectivity index (χ0n) is 8.52. The van der Waals surface area contributed by atoms with Crippen molar-refractivity contribution in [1.29, 1.82) is 0 Å². The highest BCUT2D eigenvalue weighted by atomic mass is 19.4. The third-order valence-electron chi connectivity index (χ3n) is 1.51. The molecule has 0 atom stereocenters. The molecule has 0 amide bonds.